The van der Waals surface area contributed by atoms with Crippen LogP contribution in [0.5, 0.6) is 5.75 Å². The minimum absolute atomic E-state index is 0.0144. The maximum absolute atomic E-state index is 14.0. The van der Waals surface area contributed by atoms with Crippen LogP contribution in [0.1, 0.15) is 25.0 Å². The fraction of sp³-hybridized carbons (Fsp3) is 0.240. The number of halogens is 4. The Morgan fingerprint density at radius 1 is 1.00 bits per heavy atom. The standard InChI is InChI=1S/C25H24F4N2O4S/c1-17(2)15-31(24(32)30-23-12-4-3-11-22(23)26)16-18-7-5-9-20(13-18)35-36(33,34)21-10-6-8-19(14-21)25(27,28)29/h3-14,17H,15-16H2,1-2H3,(H,30,32). The van der Waals surface area contributed by atoms with Gasteiger partial charge in [0, 0.05) is 13.1 Å². The molecule has 11 heteroatoms. The quantitative estimate of drug-likeness (QED) is 0.277. The lowest BCUT2D eigenvalue weighted by Gasteiger charge is -2.25. The van der Waals surface area contributed by atoms with E-state index in [0.717, 1.165) is 18.2 Å². The minimum Gasteiger partial charge on any atom is -0.379 e. The Labute approximate surface area is 206 Å². The summed E-state index contributed by atoms with van der Waals surface area (Å²) in [5, 5.41) is 2.52. The van der Waals surface area contributed by atoms with E-state index in [9.17, 15) is 30.8 Å². The molecule has 1 N–H and O–H groups in total. The molecule has 0 bridgehead atoms. The van der Waals surface area contributed by atoms with Crippen LogP contribution in [-0.2, 0) is 22.8 Å². The van der Waals surface area contributed by atoms with Gasteiger partial charge in [0.1, 0.15) is 16.5 Å². The third-order valence-corrected chi connectivity index (χ3v) is 6.16. The van der Waals surface area contributed by atoms with Crippen LogP contribution >= 0.6 is 0 Å². The first-order chi connectivity index (χ1) is 16.8. The molecule has 0 saturated heterocycles. The molecule has 0 aliphatic carbocycles. The second-order valence-electron chi connectivity index (χ2n) is 8.39. The molecule has 0 spiro atoms. The van der Waals surface area contributed by atoms with Crippen molar-refractivity contribution in [2.75, 3.05) is 11.9 Å². The van der Waals surface area contributed by atoms with Crippen molar-refractivity contribution in [3.8, 4) is 5.75 Å². The first-order valence-corrected chi connectivity index (χ1v) is 12.3. The Morgan fingerprint density at radius 2 is 1.69 bits per heavy atom. The van der Waals surface area contributed by atoms with E-state index in [1.807, 2.05) is 13.8 Å². The lowest BCUT2D eigenvalue weighted by molar-refractivity contribution is -0.137. The van der Waals surface area contributed by atoms with Crippen molar-refractivity contribution in [2.24, 2.45) is 5.92 Å². The second kappa shape index (κ2) is 11.0. The van der Waals surface area contributed by atoms with Gasteiger partial charge in [-0.1, -0.05) is 44.2 Å². The summed E-state index contributed by atoms with van der Waals surface area (Å²) in [5.74, 6) is -0.661. The summed E-state index contributed by atoms with van der Waals surface area (Å²) in [6, 6.07) is 14.2. The molecule has 0 unspecified atom stereocenters. The number of para-hydroxylation sites is 1. The van der Waals surface area contributed by atoms with E-state index < -0.39 is 38.6 Å². The number of nitrogens with zero attached hydrogens (tertiary/aromatic N) is 1. The molecule has 0 aliphatic heterocycles. The van der Waals surface area contributed by atoms with Crippen molar-refractivity contribution < 1.29 is 35.0 Å². The lowest BCUT2D eigenvalue weighted by atomic mass is 10.1. The molecule has 3 aromatic carbocycles. The Hall–Kier alpha value is -3.60. The van der Waals surface area contributed by atoms with Crippen molar-refractivity contribution in [1.29, 1.82) is 0 Å². The molecule has 0 fully saturated rings. The summed E-state index contributed by atoms with van der Waals surface area (Å²) >= 11 is 0. The molecule has 0 saturated carbocycles. The van der Waals surface area contributed by atoms with Gasteiger partial charge >= 0.3 is 22.3 Å². The molecule has 2 amide bonds. The Bertz CT molecular complexity index is 1330. The van der Waals surface area contributed by atoms with E-state index in [0.29, 0.717) is 18.2 Å². The average Bonchev–Trinajstić information content (AvgIpc) is 2.79. The van der Waals surface area contributed by atoms with Crippen molar-refractivity contribution in [3.05, 3.63) is 89.7 Å². The average molecular weight is 525 g/mol. The highest BCUT2D eigenvalue weighted by Gasteiger charge is 2.32. The number of benzene rings is 3. The van der Waals surface area contributed by atoms with Gasteiger partial charge in [-0.3, -0.25) is 0 Å². The van der Waals surface area contributed by atoms with Gasteiger partial charge in [-0.05, 0) is 53.9 Å². The smallest absolute Gasteiger partial charge is 0.379 e. The summed E-state index contributed by atoms with van der Waals surface area (Å²) in [4.78, 5) is 13.6. The lowest BCUT2D eigenvalue weighted by Crippen LogP contribution is -2.37. The van der Waals surface area contributed by atoms with Gasteiger partial charge in [-0.15, -0.1) is 0 Å². The number of urea groups is 1. The number of hydrogen-bond acceptors (Lipinski definition) is 4. The van der Waals surface area contributed by atoms with Crippen molar-refractivity contribution in [3.63, 3.8) is 0 Å². The van der Waals surface area contributed by atoms with E-state index in [-0.39, 0.29) is 23.9 Å². The fourth-order valence-corrected chi connectivity index (χ4v) is 4.31. The van der Waals surface area contributed by atoms with Gasteiger partial charge in [0.15, 0.2) is 0 Å². The molecular weight excluding hydrogens is 500 g/mol. The predicted molar refractivity (Wildman–Crippen MR) is 126 cm³/mol. The van der Waals surface area contributed by atoms with Crippen molar-refractivity contribution >= 4 is 21.8 Å². The van der Waals surface area contributed by atoms with Crippen LogP contribution in [0.3, 0.4) is 0 Å². The predicted octanol–water partition coefficient (Wildman–Crippen LogP) is 6.30. The van der Waals surface area contributed by atoms with Crippen LogP contribution in [0.15, 0.2) is 77.7 Å². The monoisotopic (exact) mass is 524 g/mol. The number of alkyl halides is 3. The van der Waals surface area contributed by atoms with Crippen LogP contribution in [0.2, 0.25) is 0 Å². The van der Waals surface area contributed by atoms with Gasteiger partial charge in [0.25, 0.3) is 0 Å². The van der Waals surface area contributed by atoms with Crippen molar-refractivity contribution in [1.82, 2.24) is 4.90 Å². The number of rotatable bonds is 8. The van der Waals surface area contributed by atoms with Gasteiger partial charge < -0.3 is 14.4 Å². The molecule has 36 heavy (non-hydrogen) atoms. The van der Waals surface area contributed by atoms with E-state index in [1.54, 1.807) is 12.1 Å². The third kappa shape index (κ3) is 7.20. The van der Waals surface area contributed by atoms with Gasteiger partial charge in [0.2, 0.25) is 0 Å². The van der Waals surface area contributed by atoms with Crippen LogP contribution in [-0.4, -0.2) is 25.9 Å². The van der Waals surface area contributed by atoms with Gasteiger partial charge in [-0.25, -0.2) is 9.18 Å². The number of nitrogens with one attached hydrogen (secondary N) is 1. The van der Waals surface area contributed by atoms with Crippen molar-refractivity contribution in [2.45, 2.75) is 31.5 Å². The Balaban J connectivity index is 1.79. The van der Waals surface area contributed by atoms with Crippen LogP contribution < -0.4 is 9.50 Å². The molecule has 6 nitrogen and oxygen atoms in total. The molecule has 0 radical (unpaired) electrons. The second-order valence-corrected chi connectivity index (χ2v) is 9.94. The topological polar surface area (TPSA) is 75.7 Å². The summed E-state index contributed by atoms with van der Waals surface area (Å²) in [6.45, 7) is 4.14. The summed E-state index contributed by atoms with van der Waals surface area (Å²) in [6.07, 6.45) is -4.71. The first kappa shape index (κ1) is 27.0. The third-order valence-electron chi connectivity index (χ3n) is 4.92. The molecule has 192 valence electrons. The summed E-state index contributed by atoms with van der Waals surface area (Å²) in [5.41, 5.74) is -0.609. The summed E-state index contributed by atoms with van der Waals surface area (Å²) < 4.78 is 83.2. The van der Waals surface area contributed by atoms with E-state index >= 15 is 0 Å². The van der Waals surface area contributed by atoms with Crippen LogP contribution in [0.4, 0.5) is 28.0 Å². The first-order valence-electron chi connectivity index (χ1n) is 10.9. The zero-order chi connectivity index (χ0) is 26.5. The number of carbonyl (C=O) groups excluding carboxylic acids is 1. The number of carbonyl (C=O) groups is 1. The zero-order valence-electron chi connectivity index (χ0n) is 19.4. The maximum atomic E-state index is 14.0. The zero-order valence-corrected chi connectivity index (χ0v) is 20.2. The maximum Gasteiger partial charge on any atom is 0.416 e. The van der Waals surface area contributed by atoms with E-state index in [4.69, 9.17) is 4.18 Å². The van der Waals surface area contributed by atoms with E-state index in [1.165, 1.54) is 41.3 Å². The number of amides is 2. The molecule has 0 aromatic heterocycles. The SMILES string of the molecule is CC(C)CN(Cc1cccc(OS(=O)(=O)c2cccc(C(F)(F)F)c2)c1)C(=O)Nc1ccccc1F. The Kier molecular flexibility index (Phi) is 8.24. The highest BCUT2D eigenvalue weighted by Crippen LogP contribution is 2.31. The molecule has 0 heterocycles. The minimum atomic E-state index is -4.71. The highest BCUT2D eigenvalue weighted by atomic mass is 32.2. The number of anilines is 1. The Morgan fingerprint density at radius 3 is 2.36 bits per heavy atom. The molecule has 0 atom stereocenters. The number of hydrogen-bond donors (Lipinski definition) is 1. The van der Waals surface area contributed by atoms with Gasteiger partial charge in [0.05, 0.1) is 11.3 Å². The van der Waals surface area contributed by atoms with Gasteiger partial charge in [-0.2, -0.15) is 21.6 Å². The largest absolute Gasteiger partial charge is 0.416 e. The normalized spacial score (nSPS) is 11.9. The molecule has 0 aliphatic rings. The molecule has 3 aromatic rings. The summed E-state index contributed by atoms with van der Waals surface area (Å²) in [7, 11) is -4.56. The molecule has 3 rings (SSSR count). The highest BCUT2D eigenvalue weighted by molar-refractivity contribution is 7.87. The van der Waals surface area contributed by atoms with E-state index in [2.05, 4.69) is 5.32 Å². The van der Waals surface area contributed by atoms with Crippen LogP contribution in [0, 0.1) is 11.7 Å². The van der Waals surface area contributed by atoms with Crippen LogP contribution in [0.25, 0.3) is 0 Å². The molecular formula is C25H24F4N2O4S. The fourth-order valence-electron chi connectivity index (χ4n) is 3.34.